The van der Waals surface area contributed by atoms with Crippen LogP contribution in [0.2, 0.25) is 0 Å². The van der Waals surface area contributed by atoms with E-state index in [1.807, 2.05) is 13.0 Å². The second kappa shape index (κ2) is 6.56. The number of nitrogens with zero attached hydrogens (tertiary/aromatic N) is 2. The van der Waals surface area contributed by atoms with Gasteiger partial charge in [-0.1, -0.05) is 0 Å². The maximum Gasteiger partial charge on any atom is 0.407 e. The molecule has 0 saturated carbocycles. The molecule has 1 saturated heterocycles. The second-order valence-corrected chi connectivity index (χ2v) is 7.76. The normalized spacial score (nSPS) is 22.8. The van der Waals surface area contributed by atoms with Gasteiger partial charge in [0.15, 0.2) is 0 Å². The first-order valence-electron chi connectivity index (χ1n) is 9.42. The molecule has 2 aliphatic rings. The van der Waals surface area contributed by atoms with E-state index in [2.05, 4.69) is 30.1 Å². The number of hydrogen-bond donors (Lipinski definition) is 2. The van der Waals surface area contributed by atoms with Gasteiger partial charge in [-0.05, 0) is 44.9 Å². The van der Waals surface area contributed by atoms with Crippen molar-refractivity contribution in [2.45, 2.75) is 45.8 Å². The van der Waals surface area contributed by atoms with Crippen LogP contribution in [0.1, 0.15) is 30.5 Å². The van der Waals surface area contributed by atoms with Gasteiger partial charge < -0.3 is 24.6 Å². The molecule has 0 aliphatic carbocycles. The number of hydrogen-bond acceptors (Lipinski definition) is 5. The molecule has 4 rings (SSSR count). The highest BCUT2D eigenvalue weighted by Gasteiger charge is 2.27. The third kappa shape index (κ3) is 3.06. The SMILES string of the molecule is Cc1c(N2C[C@@H](C)N[C@@H](C)C2)ccc2c3c(c(=O)oc12)CN(C(=O)O)CC3. The van der Waals surface area contributed by atoms with Crippen LogP contribution >= 0.6 is 0 Å². The third-order valence-electron chi connectivity index (χ3n) is 5.66. The number of amides is 1. The number of aryl methyl sites for hydroxylation is 1. The van der Waals surface area contributed by atoms with Gasteiger partial charge in [-0.15, -0.1) is 0 Å². The summed E-state index contributed by atoms with van der Waals surface area (Å²) in [6, 6.07) is 4.90. The Kier molecular flexibility index (Phi) is 4.34. The maximum absolute atomic E-state index is 12.6. The zero-order valence-corrected chi connectivity index (χ0v) is 15.9. The van der Waals surface area contributed by atoms with Crippen molar-refractivity contribution >= 4 is 22.7 Å². The molecule has 144 valence electrons. The summed E-state index contributed by atoms with van der Waals surface area (Å²) in [5, 5.41) is 13.7. The lowest BCUT2D eigenvalue weighted by Crippen LogP contribution is -2.54. The van der Waals surface area contributed by atoms with Gasteiger partial charge in [0, 0.05) is 48.4 Å². The number of nitrogens with one attached hydrogen (secondary N) is 1. The zero-order chi connectivity index (χ0) is 19.3. The van der Waals surface area contributed by atoms with Gasteiger partial charge in [-0.25, -0.2) is 9.59 Å². The van der Waals surface area contributed by atoms with Crippen LogP contribution in [-0.4, -0.2) is 47.8 Å². The molecule has 3 heterocycles. The summed E-state index contributed by atoms with van der Waals surface area (Å²) in [5.41, 5.74) is 3.65. The summed E-state index contributed by atoms with van der Waals surface area (Å²) in [5.74, 6) is 0. The standard InChI is InChI=1S/C20H25N3O4/c1-11-8-23(9-12(2)21-11)17-5-4-15-14-6-7-22(20(25)26)10-16(14)19(24)27-18(15)13(17)3/h4-5,11-12,21H,6-10H2,1-3H3,(H,25,26)/t11-,12+. The van der Waals surface area contributed by atoms with E-state index in [1.54, 1.807) is 0 Å². The molecule has 2 aliphatic heterocycles. The van der Waals surface area contributed by atoms with E-state index >= 15 is 0 Å². The molecule has 2 atom stereocenters. The molecule has 7 nitrogen and oxygen atoms in total. The summed E-state index contributed by atoms with van der Waals surface area (Å²) >= 11 is 0. The topological polar surface area (TPSA) is 86.0 Å². The van der Waals surface area contributed by atoms with Crippen LogP contribution in [0.15, 0.2) is 21.3 Å². The van der Waals surface area contributed by atoms with E-state index in [4.69, 9.17) is 4.42 Å². The zero-order valence-electron chi connectivity index (χ0n) is 15.9. The Balaban J connectivity index is 1.80. The molecular weight excluding hydrogens is 346 g/mol. The number of benzene rings is 1. The van der Waals surface area contributed by atoms with Gasteiger partial charge in [0.25, 0.3) is 0 Å². The average Bonchev–Trinajstić information content (AvgIpc) is 2.61. The summed E-state index contributed by atoms with van der Waals surface area (Å²) in [7, 11) is 0. The second-order valence-electron chi connectivity index (χ2n) is 7.76. The number of carbonyl (C=O) groups is 1. The first-order valence-corrected chi connectivity index (χ1v) is 9.42. The molecule has 2 N–H and O–H groups in total. The Morgan fingerprint density at radius 3 is 2.59 bits per heavy atom. The number of carboxylic acid groups (broad SMARTS) is 1. The number of piperazine rings is 1. The molecule has 1 aromatic heterocycles. The summed E-state index contributed by atoms with van der Waals surface area (Å²) in [4.78, 5) is 27.4. The molecule has 0 unspecified atom stereocenters. The minimum Gasteiger partial charge on any atom is -0.465 e. The summed E-state index contributed by atoms with van der Waals surface area (Å²) < 4.78 is 5.69. The highest BCUT2D eigenvalue weighted by molar-refractivity contribution is 5.88. The first-order chi connectivity index (χ1) is 12.8. The Bertz CT molecular complexity index is 958. The highest BCUT2D eigenvalue weighted by Crippen LogP contribution is 2.33. The number of rotatable bonds is 1. The molecule has 2 aromatic rings. The van der Waals surface area contributed by atoms with Crippen molar-refractivity contribution in [3.63, 3.8) is 0 Å². The lowest BCUT2D eigenvalue weighted by molar-refractivity contribution is 0.139. The van der Waals surface area contributed by atoms with Crippen LogP contribution in [0.4, 0.5) is 10.5 Å². The lowest BCUT2D eigenvalue weighted by atomic mass is 9.95. The molecule has 0 radical (unpaired) electrons. The predicted octanol–water partition coefficient (Wildman–Crippen LogP) is 2.32. The number of fused-ring (bicyclic) bond motifs is 3. The van der Waals surface area contributed by atoms with Crippen molar-refractivity contribution in [2.75, 3.05) is 24.5 Å². The average molecular weight is 371 g/mol. The molecule has 0 spiro atoms. The highest BCUT2D eigenvalue weighted by atomic mass is 16.4. The monoisotopic (exact) mass is 371 g/mol. The Morgan fingerprint density at radius 1 is 1.22 bits per heavy atom. The smallest absolute Gasteiger partial charge is 0.407 e. The summed E-state index contributed by atoms with van der Waals surface area (Å²) in [6.07, 6.45) is -0.474. The van der Waals surface area contributed by atoms with Crippen LogP contribution < -0.4 is 15.8 Å². The fourth-order valence-electron chi connectivity index (χ4n) is 4.48. The largest absolute Gasteiger partial charge is 0.465 e. The maximum atomic E-state index is 12.6. The van der Waals surface area contributed by atoms with E-state index in [0.717, 1.165) is 35.3 Å². The molecular formula is C20H25N3O4. The van der Waals surface area contributed by atoms with Crippen molar-refractivity contribution in [3.8, 4) is 0 Å². The Hall–Kier alpha value is -2.54. The molecule has 7 heteroatoms. The molecule has 1 fully saturated rings. The predicted molar refractivity (Wildman–Crippen MR) is 104 cm³/mol. The minimum atomic E-state index is -1.01. The fraction of sp³-hybridized carbons (Fsp3) is 0.500. The molecule has 1 aromatic carbocycles. The third-order valence-corrected chi connectivity index (χ3v) is 5.66. The van der Waals surface area contributed by atoms with Crippen molar-refractivity contribution < 1.29 is 14.3 Å². The van der Waals surface area contributed by atoms with Crippen molar-refractivity contribution in [2.24, 2.45) is 0 Å². The molecule has 0 bridgehead atoms. The van der Waals surface area contributed by atoms with Gasteiger partial charge in [0.05, 0.1) is 12.1 Å². The quantitative estimate of drug-likeness (QED) is 0.749. The van der Waals surface area contributed by atoms with Crippen LogP contribution in [0.25, 0.3) is 11.0 Å². The Morgan fingerprint density at radius 2 is 1.93 bits per heavy atom. The van der Waals surface area contributed by atoms with E-state index in [0.29, 0.717) is 36.2 Å². The van der Waals surface area contributed by atoms with Crippen LogP contribution in [0.3, 0.4) is 0 Å². The number of anilines is 1. The van der Waals surface area contributed by atoms with Gasteiger partial charge in [0.2, 0.25) is 0 Å². The van der Waals surface area contributed by atoms with Gasteiger partial charge >= 0.3 is 11.7 Å². The molecule has 1 amide bonds. The van der Waals surface area contributed by atoms with E-state index in [9.17, 15) is 14.7 Å². The van der Waals surface area contributed by atoms with Gasteiger partial charge in [-0.3, -0.25) is 0 Å². The van der Waals surface area contributed by atoms with E-state index in [-0.39, 0.29) is 6.54 Å². The first kappa shape index (κ1) is 17.9. The summed E-state index contributed by atoms with van der Waals surface area (Å²) in [6.45, 7) is 8.63. The van der Waals surface area contributed by atoms with E-state index < -0.39 is 11.7 Å². The van der Waals surface area contributed by atoms with Crippen LogP contribution in [0.5, 0.6) is 0 Å². The minimum absolute atomic E-state index is 0.0938. The van der Waals surface area contributed by atoms with Crippen molar-refractivity contribution in [1.82, 2.24) is 10.2 Å². The Labute approximate surface area is 157 Å². The van der Waals surface area contributed by atoms with E-state index in [1.165, 1.54) is 4.90 Å². The fourth-order valence-corrected chi connectivity index (χ4v) is 4.48. The van der Waals surface area contributed by atoms with Crippen LogP contribution in [0, 0.1) is 6.92 Å². The van der Waals surface area contributed by atoms with Gasteiger partial charge in [-0.2, -0.15) is 0 Å². The van der Waals surface area contributed by atoms with Crippen LogP contribution in [-0.2, 0) is 13.0 Å². The van der Waals surface area contributed by atoms with Gasteiger partial charge in [0.1, 0.15) is 5.58 Å². The lowest BCUT2D eigenvalue weighted by Gasteiger charge is -2.38. The van der Waals surface area contributed by atoms with Crippen molar-refractivity contribution in [3.05, 3.63) is 39.2 Å². The molecule has 27 heavy (non-hydrogen) atoms. The van der Waals surface area contributed by atoms with Crippen molar-refractivity contribution in [1.29, 1.82) is 0 Å².